The monoisotopic (exact) mass is 328 g/mol. The number of benzene rings is 3. The lowest BCUT2D eigenvalue weighted by Crippen LogP contribution is -2.12. The van der Waals surface area contributed by atoms with Crippen LogP contribution < -0.4 is 11.5 Å². The Bertz CT molecular complexity index is 913. The fourth-order valence-corrected chi connectivity index (χ4v) is 2.40. The second kappa shape index (κ2) is 7.45. The number of nitrogens with zero attached hydrogens (tertiary/aromatic N) is 2. The zero-order chi connectivity index (χ0) is 17.6. The lowest BCUT2D eigenvalue weighted by atomic mass is 10.1. The predicted octanol–water partition coefficient (Wildman–Crippen LogP) is 4.07. The molecule has 0 aliphatic carbocycles. The van der Waals surface area contributed by atoms with E-state index in [2.05, 4.69) is 9.98 Å². The number of rotatable bonds is 4. The number of amidine groups is 2. The van der Waals surface area contributed by atoms with Crippen LogP contribution in [0.3, 0.4) is 0 Å². The van der Waals surface area contributed by atoms with Crippen molar-refractivity contribution in [3.63, 3.8) is 0 Å². The number of aryl methyl sites for hydroxylation is 1. The van der Waals surface area contributed by atoms with E-state index >= 15 is 0 Å². The summed E-state index contributed by atoms with van der Waals surface area (Å²) >= 11 is 0. The van der Waals surface area contributed by atoms with E-state index in [1.165, 1.54) is 0 Å². The molecule has 3 aromatic rings. The van der Waals surface area contributed by atoms with Gasteiger partial charge in [-0.1, -0.05) is 66.7 Å². The van der Waals surface area contributed by atoms with Crippen LogP contribution in [0.5, 0.6) is 0 Å². The maximum atomic E-state index is 6.13. The summed E-state index contributed by atoms with van der Waals surface area (Å²) in [5, 5.41) is 0. The summed E-state index contributed by atoms with van der Waals surface area (Å²) in [6.07, 6.45) is 0. The molecule has 124 valence electrons. The van der Waals surface area contributed by atoms with Crippen LogP contribution in [0.1, 0.15) is 16.7 Å². The molecule has 25 heavy (non-hydrogen) atoms. The Morgan fingerprint density at radius 1 is 0.680 bits per heavy atom. The molecule has 0 bridgehead atoms. The van der Waals surface area contributed by atoms with Crippen molar-refractivity contribution in [1.82, 2.24) is 0 Å². The highest BCUT2D eigenvalue weighted by Crippen LogP contribution is 2.26. The Balaban J connectivity index is 1.94. The van der Waals surface area contributed by atoms with Crippen LogP contribution in [0.4, 0.5) is 11.4 Å². The fourth-order valence-electron chi connectivity index (χ4n) is 2.40. The molecule has 0 fully saturated rings. The van der Waals surface area contributed by atoms with Gasteiger partial charge in [-0.3, -0.25) is 0 Å². The second-order valence-electron chi connectivity index (χ2n) is 5.70. The third-order valence-corrected chi connectivity index (χ3v) is 3.82. The summed E-state index contributed by atoms with van der Waals surface area (Å²) in [5.74, 6) is 0.941. The SMILES string of the molecule is Cc1ccc(N=C(N)c2ccccc2)cc1N=C(N)c1ccccc1. The third kappa shape index (κ3) is 4.12. The molecule has 0 aromatic heterocycles. The molecule has 3 rings (SSSR count). The van der Waals surface area contributed by atoms with E-state index < -0.39 is 0 Å². The fraction of sp³-hybridized carbons (Fsp3) is 0.0476. The first-order valence-electron chi connectivity index (χ1n) is 8.03. The van der Waals surface area contributed by atoms with E-state index in [0.717, 1.165) is 28.1 Å². The highest BCUT2D eigenvalue weighted by Gasteiger charge is 2.03. The van der Waals surface area contributed by atoms with Crippen LogP contribution >= 0.6 is 0 Å². The summed E-state index contributed by atoms with van der Waals surface area (Å²) in [5.41, 5.74) is 16.5. The van der Waals surface area contributed by atoms with Gasteiger partial charge in [-0.05, 0) is 24.6 Å². The molecule has 3 aromatic carbocycles. The summed E-state index contributed by atoms with van der Waals surface area (Å²) in [4.78, 5) is 9.05. The van der Waals surface area contributed by atoms with E-state index in [0.29, 0.717) is 11.7 Å². The summed E-state index contributed by atoms with van der Waals surface area (Å²) < 4.78 is 0. The lowest BCUT2D eigenvalue weighted by molar-refractivity contribution is 1.35. The molecule has 0 unspecified atom stereocenters. The van der Waals surface area contributed by atoms with Gasteiger partial charge in [0.25, 0.3) is 0 Å². The van der Waals surface area contributed by atoms with Gasteiger partial charge in [0.05, 0.1) is 11.4 Å². The van der Waals surface area contributed by atoms with Crippen molar-refractivity contribution >= 4 is 23.0 Å². The van der Waals surface area contributed by atoms with Gasteiger partial charge in [0.2, 0.25) is 0 Å². The Kier molecular flexibility index (Phi) is 4.90. The summed E-state index contributed by atoms with van der Waals surface area (Å²) in [7, 11) is 0. The Morgan fingerprint density at radius 3 is 1.76 bits per heavy atom. The van der Waals surface area contributed by atoms with Crippen LogP contribution in [0.2, 0.25) is 0 Å². The van der Waals surface area contributed by atoms with Gasteiger partial charge in [0, 0.05) is 11.1 Å². The highest BCUT2D eigenvalue weighted by atomic mass is 14.9. The maximum absolute atomic E-state index is 6.13. The molecule has 0 amide bonds. The first-order chi connectivity index (χ1) is 12.1. The molecule has 0 atom stereocenters. The van der Waals surface area contributed by atoms with Gasteiger partial charge in [-0.15, -0.1) is 0 Å². The Morgan fingerprint density at radius 2 is 1.20 bits per heavy atom. The average Bonchev–Trinajstić information content (AvgIpc) is 2.66. The molecule has 4 heteroatoms. The van der Waals surface area contributed by atoms with E-state index in [9.17, 15) is 0 Å². The van der Waals surface area contributed by atoms with Crippen molar-refractivity contribution in [3.05, 3.63) is 95.6 Å². The molecule has 4 nitrogen and oxygen atoms in total. The Hall–Kier alpha value is -3.40. The largest absolute Gasteiger partial charge is 0.383 e. The predicted molar refractivity (Wildman–Crippen MR) is 105 cm³/mol. The van der Waals surface area contributed by atoms with Gasteiger partial charge in [0.15, 0.2) is 0 Å². The van der Waals surface area contributed by atoms with Crippen LogP contribution in [0.15, 0.2) is 88.8 Å². The van der Waals surface area contributed by atoms with Crippen molar-refractivity contribution in [2.24, 2.45) is 21.5 Å². The zero-order valence-electron chi connectivity index (χ0n) is 14.1. The van der Waals surface area contributed by atoms with Gasteiger partial charge in [-0.2, -0.15) is 0 Å². The van der Waals surface area contributed by atoms with Gasteiger partial charge >= 0.3 is 0 Å². The minimum atomic E-state index is 0.468. The topological polar surface area (TPSA) is 76.8 Å². The molecule has 0 aliphatic heterocycles. The normalized spacial score (nSPS) is 12.2. The van der Waals surface area contributed by atoms with Gasteiger partial charge in [-0.25, -0.2) is 9.98 Å². The smallest absolute Gasteiger partial charge is 0.131 e. The van der Waals surface area contributed by atoms with Gasteiger partial charge in [0.1, 0.15) is 11.7 Å². The van der Waals surface area contributed by atoms with Crippen molar-refractivity contribution in [3.8, 4) is 0 Å². The van der Waals surface area contributed by atoms with Crippen LogP contribution in [0, 0.1) is 6.92 Å². The van der Waals surface area contributed by atoms with Gasteiger partial charge < -0.3 is 11.5 Å². The standard InChI is InChI=1S/C21H20N4/c1-15-12-13-18(24-20(22)16-8-4-2-5-9-16)14-19(15)25-21(23)17-10-6-3-7-11-17/h2-14H,1H3,(H2,22,24)(H2,23,25). The van der Waals surface area contributed by atoms with Crippen molar-refractivity contribution in [2.75, 3.05) is 0 Å². The first kappa shape index (κ1) is 16.5. The molecule has 0 radical (unpaired) electrons. The minimum Gasteiger partial charge on any atom is -0.383 e. The number of aliphatic imine (C=N–C) groups is 2. The molecule has 0 heterocycles. The number of hydrogen-bond acceptors (Lipinski definition) is 2. The van der Waals surface area contributed by atoms with Crippen LogP contribution in [-0.4, -0.2) is 11.7 Å². The number of nitrogens with two attached hydrogens (primary N) is 2. The van der Waals surface area contributed by atoms with Crippen molar-refractivity contribution < 1.29 is 0 Å². The molecular formula is C21H20N4. The lowest BCUT2D eigenvalue weighted by Gasteiger charge is -2.06. The third-order valence-electron chi connectivity index (χ3n) is 3.82. The highest BCUT2D eigenvalue weighted by molar-refractivity contribution is 6.00. The second-order valence-corrected chi connectivity index (χ2v) is 5.70. The summed E-state index contributed by atoms with van der Waals surface area (Å²) in [6.45, 7) is 1.99. The molecule has 0 saturated carbocycles. The zero-order valence-corrected chi connectivity index (χ0v) is 14.1. The van der Waals surface area contributed by atoms with E-state index in [-0.39, 0.29) is 0 Å². The van der Waals surface area contributed by atoms with Crippen molar-refractivity contribution in [2.45, 2.75) is 6.92 Å². The van der Waals surface area contributed by atoms with E-state index in [1.807, 2.05) is 85.8 Å². The average molecular weight is 328 g/mol. The van der Waals surface area contributed by atoms with Crippen LogP contribution in [0.25, 0.3) is 0 Å². The molecule has 0 saturated heterocycles. The van der Waals surface area contributed by atoms with Crippen LogP contribution in [-0.2, 0) is 0 Å². The molecular weight excluding hydrogens is 308 g/mol. The molecule has 0 aliphatic rings. The first-order valence-corrected chi connectivity index (χ1v) is 8.03. The minimum absolute atomic E-state index is 0.468. The summed E-state index contributed by atoms with van der Waals surface area (Å²) in [6, 6.07) is 25.1. The Labute approximate surface area is 147 Å². The molecule has 0 spiro atoms. The molecule has 4 N–H and O–H groups in total. The van der Waals surface area contributed by atoms with E-state index in [4.69, 9.17) is 11.5 Å². The van der Waals surface area contributed by atoms with E-state index in [1.54, 1.807) is 0 Å². The maximum Gasteiger partial charge on any atom is 0.131 e. The van der Waals surface area contributed by atoms with Crippen molar-refractivity contribution in [1.29, 1.82) is 0 Å². The number of hydrogen-bond donors (Lipinski definition) is 2. The quantitative estimate of drug-likeness (QED) is 0.559.